The van der Waals surface area contributed by atoms with Gasteiger partial charge in [-0.3, -0.25) is 0 Å². The molecule has 0 atom stereocenters. The SMILES string of the molecule is CCc1nc(NN)c(C)c(N(C)C2CCN(CC)CC2)n1. The van der Waals surface area contributed by atoms with Crippen molar-refractivity contribution >= 4 is 11.6 Å². The molecule has 0 radical (unpaired) electrons. The number of aryl methyl sites for hydroxylation is 1. The minimum atomic E-state index is 0.539. The molecule has 0 aliphatic carbocycles. The molecule has 0 aromatic carbocycles. The van der Waals surface area contributed by atoms with Crippen molar-refractivity contribution in [1.82, 2.24) is 14.9 Å². The molecule has 118 valence electrons. The van der Waals surface area contributed by atoms with Crippen molar-refractivity contribution in [3.05, 3.63) is 11.4 Å². The van der Waals surface area contributed by atoms with E-state index >= 15 is 0 Å². The largest absolute Gasteiger partial charge is 0.356 e. The minimum absolute atomic E-state index is 0.539. The Hall–Kier alpha value is -1.40. The van der Waals surface area contributed by atoms with Crippen molar-refractivity contribution in [3.8, 4) is 0 Å². The van der Waals surface area contributed by atoms with Gasteiger partial charge in [0.25, 0.3) is 0 Å². The van der Waals surface area contributed by atoms with E-state index in [4.69, 9.17) is 10.8 Å². The summed E-state index contributed by atoms with van der Waals surface area (Å²) in [4.78, 5) is 14.0. The maximum Gasteiger partial charge on any atom is 0.148 e. The molecular weight excluding hydrogens is 264 g/mol. The van der Waals surface area contributed by atoms with Crippen molar-refractivity contribution in [1.29, 1.82) is 0 Å². The third kappa shape index (κ3) is 3.44. The zero-order chi connectivity index (χ0) is 15.4. The van der Waals surface area contributed by atoms with Gasteiger partial charge in [-0.1, -0.05) is 13.8 Å². The van der Waals surface area contributed by atoms with E-state index in [1.807, 2.05) is 6.92 Å². The van der Waals surface area contributed by atoms with E-state index in [2.05, 4.69) is 41.1 Å². The van der Waals surface area contributed by atoms with E-state index in [9.17, 15) is 0 Å². The normalized spacial score (nSPS) is 17.0. The van der Waals surface area contributed by atoms with Crippen LogP contribution in [0, 0.1) is 6.92 Å². The number of hydrogen-bond acceptors (Lipinski definition) is 6. The fourth-order valence-corrected chi connectivity index (χ4v) is 2.99. The molecule has 0 bridgehead atoms. The van der Waals surface area contributed by atoms with Crippen LogP contribution in [-0.2, 0) is 6.42 Å². The molecule has 2 rings (SSSR count). The van der Waals surface area contributed by atoms with Gasteiger partial charge in [-0.2, -0.15) is 0 Å². The first-order valence-electron chi connectivity index (χ1n) is 7.90. The summed E-state index contributed by atoms with van der Waals surface area (Å²) >= 11 is 0. The van der Waals surface area contributed by atoms with Crippen LogP contribution in [0.2, 0.25) is 0 Å². The summed E-state index contributed by atoms with van der Waals surface area (Å²) in [5.74, 6) is 8.16. The molecule has 2 heterocycles. The summed E-state index contributed by atoms with van der Waals surface area (Å²) in [7, 11) is 2.14. The molecule has 1 aromatic rings. The number of nitrogens with two attached hydrogens (primary N) is 1. The highest BCUT2D eigenvalue weighted by Gasteiger charge is 2.24. The van der Waals surface area contributed by atoms with Crippen molar-refractivity contribution < 1.29 is 0 Å². The van der Waals surface area contributed by atoms with Gasteiger partial charge in [0.15, 0.2) is 0 Å². The summed E-state index contributed by atoms with van der Waals surface area (Å²) in [5.41, 5.74) is 3.72. The standard InChI is InChI=1S/C15H28N6/c1-5-13-17-14(19-16)11(3)15(18-13)20(4)12-7-9-21(6-2)10-8-12/h12H,5-10,16H2,1-4H3,(H,17,18,19). The van der Waals surface area contributed by atoms with Crippen molar-refractivity contribution in [2.75, 3.05) is 37.0 Å². The van der Waals surface area contributed by atoms with Gasteiger partial charge >= 0.3 is 0 Å². The number of rotatable bonds is 5. The lowest BCUT2D eigenvalue weighted by Crippen LogP contribution is -2.44. The first-order chi connectivity index (χ1) is 10.1. The van der Waals surface area contributed by atoms with Crippen molar-refractivity contribution in [3.63, 3.8) is 0 Å². The van der Waals surface area contributed by atoms with E-state index in [1.54, 1.807) is 0 Å². The lowest BCUT2D eigenvalue weighted by Gasteiger charge is -2.37. The van der Waals surface area contributed by atoms with Crippen LogP contribution in [0.5, 0.6) is 0 Å². The Morgan fingerprint density at radius 3 is 2.48 bits per heavy atom. The van der Waals surface area contributed by atoms with Crippen molar-refractivity contribution in [2.24, 2.45) is 5.84 Å². The Labute approximate surface area is 127 Å². The molecule has 1 aliphatic heterocycles. The maximum absolute atomic E-state index is 5.59. The van der Waals surface area contributed by atoms with Gasteiger partial charge in [0, 0.05) is 38.2 Å². The number of nitrogens with one attached hydrogen (secondary N) is 1. The third-order valence-corrected chi connectivity index (χ3v) is 4.51. The number of likely N-dealkylation sites (tertiary alicyclic amines) is 1. The van der Waals surface area contributed by atoms with E-state index in [0.29, 0.717) is 6.04 Å². The molecule has 1 fully saturated rings. The molecule has 0 amide bonds. The molecule has 6 heteroatoms. The molecule has 6 nitrogen and oxygen atoms in total. The smallest absolute Gasteiger partial charge is 0.148 e. The van der Waals surface area contributed by atoms with Gasteiger partial charge in [-0.05, 0) is 26.3 Å². The average Bonchev–Trinajstić information content (AvgIpc) is 2.54. The topological polar surface area (TPSA) is 70.3 Å². The van der Waals surface area contributed by atoms with Crippen LogP contribution in [0.25, 0.3) is 0 Å². The minimum Gasteiger partial charge on any atom is -0.356 e. The summed E-state index contributed by atoms with van der Waals surface area (Å²) in [5, 5.41) is 0. The molecule has 1 saturated heterocycles. The monoisotopic (exact) mass is 292 g/mol. The molecule has 21 heavy (non-hydrogen) atoms. The molecule has 0 spiro atoms. The van der Waals surface area contributed by atoms with Crippen LogP contribution < -0.4 is 16.2 Å². The Morgan fingerprint density at radius 1 is 1.29 bits per heavy atom. The number of piperidine rings is 1. The second-order valence-corrected chi connectivity index (χ2v) is 5.71. The molecule has 1 aromatic heterocycles. The molecule has 3 N–H and O–H groups in total. The summed E-state index contributed by atoms with van der Waals surface area (Å²) in [6.45, 7) is 9.79. The lowest BCUT2D eigenvalue weighted by atomic mass is 10.0. The number of nitrogens with zero attached hydrogens (tertiary/aromatic N) is 4. The van der Waals surface area contributed by atoms with Crippen LogP contribution in [-0.4, -0.2) is 47.6 Å². The number of anilines is 2. The lowest BCUT2D eigenvalue weighted by molar-refractivity contribution is 0.220. The zero-order valence-electron chi connectivity index (χ0n) is 13.7. The number of hydrogen-bond donors (Lipinski definition) is 2. The van der Waals surface area contributed by atoms with E-state index in [0.717, 1.165) is 49.1 Å². The second-order valence-electron chi connectivity index (χ2n) is 5.71. The molecule has 1 aliphatic rings. The first-order valence-corrected chi connectivity index (χ1v) is 7.90. The van der Waals surface area contributed by atoms with Gasteiger partial charge < -0.3 is 15.2 Å². The average molecular weight is 292 g/mol. The van der Waals surface area contributed by atoms with Crippen molar-refractivity contribution in [2.45, 2.75) is 46.1 Å². The van der Waals surface area contributed by atoms with Gasteiger partial charge in [-0.15, -0.1) is 0 Å². The fourth-order valence-electron chi connectivity index (χ4n) is 2.99. The van der Waals surface area contributed by atoms with Gasteiger partial charge in [0.05, 0.1) is 0 Å². The Balaban J connectivity index is 2.20. The number of nitrogen functional groups attached to an aromatic ring is 1. The van der Waals surface area contributed by atoms with Gasteiger partial charge in [0.2, 0.25) is 0 Å². The van der Waals surface area contributed by atoms with Gasteiger partial charge in [-0.25, -0.2) is 15.8 Å². The zero-order valence-corrected chi connectivity index (χ0v) is 13.7. The second kappa shape index (κ2) is 7.04. The number of hydrazine groups is 1. The Morgan fingerprint density at radius 2 is 1.95 bits per heavy atom. The van der Waals surface area contributed by atoms with Gasteiger partial charge in [0.1, 0.15) is 17.5 Å². The van der Waals surface area contributed by atoms with E-state index in [1.165, 1.54) is 12.8 Å². The first kappa shape index (κ1) is 16.0. The summed E-state index contributed by atoms with van der Waals surface area (Å²) in [6, 6.07) is 0.539. The predicted molar refractivity (Wildman–Crippen MR) is 87.5 cm³/mol. The molecular formula is C15H28N6. The quantitative estimate of drug-likeness (QED) is 0.634. The van der Waals surface area contributed by atoms with Crippen LogP contribution in [0.4, 0.5) is 11.6 Å². The van der Waals surface area contributed by atoms with Crippen LogP contribution in [0.3, 0.4) is 0 Å². The predicted octanol–water partition coefficient (Wildman–Crippen LogP) is 1.55. The van der Waals surface area contributed by atoms with E-state index in [-0.39, 0.29) is 0 Å². The highest BCUT2D eigenvalue weighted by atomic mass is 15.3. The highest BCUT2D eigenvalue weighted by Crippen LogP contribution is 2.27. The Kier molecular flexibility index (Phi) is 5.36. The third-order valence-electron chi connectivity index (χ3n) is 4.51. The number of aromatic nitrogens is 2. The van der Waals surface area contributed by atoms with Crippen LogP contribution >= 0.6 is 0 Å². The summed E-state index contributed by atoms with van der Waals surface area (Å²) in [6.07, 6.45) is 3.17. The highest BCUT2D eigenvalue weighted by molar-refractivity contribution is 5.58. The van der Waals surface area contributed by atoms with E-state index < -0.39 is 0 Å². The van der Waals surface area contributed by atoms with Crippen LogP contribution in [0.15, 0.2) is 0 Å². The fraction of sp³-hybridized carbons (Fsp3) is 0.733. The summed E-state index contributed by atoms with van der Waals surface area (Å²) < 4.78 is 0. The molecule has 0 saturated carbocycles. The maximum atomic E-state index is 5.59. The molecule has 0 unspecified atom stereocenters. The Bertz CT molecular complexity index is 467. The van der Waals surface area contributed by atoms with Crippen LogP contribution in [0.1, 0.15) is 38.1 Å².